The van der Waals surface area contributed by atoms with Gasteiger partial charge in [-0.05, 0) is 43.2 Å². The molecule has 148 valence electrons. The van der Waals surface area contributed by atoms with Gasteiger partial charge in [0, 0.05) is 15.8 Å². The molecule has 0 aliphatic heterocycles. The van der Waals surface area contributed by atoms with Gasteiger partial charge in [0.25, 0.3) is 0 Å². The molecule has 1 atom stereocenters. The third-order valence-corrected chi connectivity index (χ3v) is 5.76. The maximum atomic E-state index is 13.3. The van der Waals surface area contributed by atoms with Crippen molar-refractivity contribution in [1.29, 1.82) is 0 Å². The molecule has 0 radical (unpaired) electrons. The van der Waals surface area contributed by atoms with Crippen molar-refractivity contribution in [3.63, 3.8) is 0 Å². The largest absolute Gasteiger partial charge is 0.336 e. The van der Waals surface area contributed by atoms with Crippen LogP contribution in [0, 0.1) is 0 Å². The van der Waals surface area contributed by atoms with Crippen LogP contribution in [0.2, 0.25) is 0 Å². The highest BCUT2D eigenvalue weighted by Gasteiger charge is 2.26. The molecule has 27 heavy (non-hydrogen) atoms. The lowest BCUT2D eigenvalue weighted by molar-refractivity contribution is -0.134. The molecule has 2 N–H and O–H groups in total. The van der Waals surface area contributed by atoms with Gasteiger partial charge in [0.2, 0.25) is 5.91 Å². The maximum Gasteiger partial charge on any atom is 0.315 e. The van der Waals surface area contributed by atoms with Crippen LogP contribution in [0.4, 0.5) is 4.79 Å². The van der Waals surface area contributed by atoms with Gasteiger partial charge in [-0.25, -0.2) is 4.79 Å². The smallest absolute Gasteiger partial charge is 0.315 e. The van der Waals surface area contributed by atoms with E-state index in [1.165, 1.54) is 0 Å². The molecule has 0 aliphatic carbocycles. The van der Waals surface area contributed by atoms with Crippen LogP contribution in [0.5, 0.6) is 0 Å². The predicted molar refractivity (Wildman–Crippen MR) is 113 cm³/mol. The monoisotopic (exact) mass is 407 g/mol. The third kappa shape index (κ3) is 7.34. The fourth-order valence-electron chi connectivity index (χ4n) is 2.74. The first kappa shape index (κ1) is 21.4. The van der Waals surface area contributed by atoms with Gasteiger partial charge in [0.1, 0.15) is 6.04 Å². The van der Waals surface area contributed by atoms with E-state index >= 15 is 0 Å². The van der Waals surface area contributed by atoms with Crippen molar-refractivity contribution in [2.45, 2.75) is 65.2 Å². The summed E-state index contributed by atoms with van der Waals surface area (Å²) in [7, 11) is 0. The first-order chi connectivity index (χ1) is 13.0. The number of carbonyl (C=O) groups is 2. The van der Waals surface area contributed by atoms with Gasteiger partial charge in [-0.3, -0.25) is 4.79 Å². The zero-order valence-electron chi connectivity index (χ0n) is 16.2. The second kappa shape index (κ2) is 11.1. The van der Waals surface area contributed by atoms with Gasteiger partial charge in [-0.2, -0.15) is 0 Å². The molecule has 7 heteroatoms. The SMILES string of the molecule is CCCCC(NC(=O)NC(C)C)C(=O)N(Cc1cccs1)Cc1cccs1. The molecule has 2 aromatic heterocycles. The van der Waals surface area contributed by atoms with Crippen LogP contribution in [0.25, 0.3) is 0 Å². The van der Waals surface area contributed by atoms with Crippen LogP contribution in [-0.2, 0) is 17.9 Å². The molecule has 0 saturated heterocycles. The highest BCUT2D eigenvalue weighted by molar-refractivity contribution is 7.10. The minimum Gasteiger partial charge on any atom is -0.336 e. The fourth-order valence-corrected chi connectivity index (χ4v) is 4.18. The lowest BCUT2D eigenvalue weighted by Crippen LogP contribution is -2.51. The Hall–Kier alpha value is -1.86. The van der Waals surface area contributed by atoms with Crippen LogP contribution in [-0.4, -0.2) is 28.9 Å². The van der Waals surface area contributed by atoms with E-state index in [1.807, 2.05) is 53.8 Å². The van der Waals surface area contributed by atoms with Crippen LogP contribution in [0.15, 0.2) is 35.0 Å². The van der Waals surface area contributed by atoms with E-state index in [2.05, 4.69) is 17.6 Å². The van der Waals surface area contributed by atoms with Crippen molar-refractivity contribution < 1.29 is 9.59 Å². The number of carbonyl (C=O) groups excluding carboxylic acids is 2. The maximum absolute atomic E-state index is 13.3. The van der Waals surface area contributed by atoms with Gasteiger partial charge in [-0.15, -0.1) is 22.7 Å². The van der Waals surface area contributed by atoms with Crippen molar-refractivity contribution in [3.8, 4) is 0 Å². The van der Waals surface area contributed by atoms with Crippen LogP contribution < -0.4 is 10.6 Å². The number of hydrogen-bond donors (Lipinski definition) is 2. The lowest BCUT2D eigenvalue weighted by atomic mass is 10.1. The predicted octanol–water partition coefficient (Wildman–Crippen LogP) is 4.60. The molecule has 0 aromatic carbocycles. The average molecular weight is 408 g/mol. The van der Waals surface area contributed by atoms with E-state index < -0.39 is 6.04 Å². The summed E-state index contributed by atoms with van der Waals surface area (Å²) in [6.45, 7) is 7.02. The Kier molecular flexibility index (Phi) is 8.81. The molecule has 0 fully saturated rings. The highest BCUT2D eigenvalue weighted by Crippen LogP contribution is 2.19. The number of urea groups is 1. The summed E-state index contributed by atoms with van der Waals surface area (Å²) in [5.74, 6) is -0.0239. The summed E-state index contributed by atoms with van der Waals surface area (Å²) in [5, 5.41) is 9.75. The van der Waals surface area contributed by atoms with E-state index in [1.54, 1.807) is 22.7 Å². The van der Waals surface area contributed by atoms with Crippen LogP contribution in [0.3, 0.4) is 0 Å². The topological polar surface area (TPSA) is 61.4 Å². The number of thiophene rings is 2. The minimum absolute atomic E-state index is 0.0239. The summed E-state index contributed by atoms with van der Waals surface area (Å²) in [6, 6.07) is 7.31. The molecule has 0 saturated carbocycles. The zero-order chi connectivity index (χ0) is 19.6. The van der Waals surface area contributed by atoms with Crippen molar-refractivity contribution in [2.24, 2.45) is 0 Å². The van der Waals surface area contributed by atoms with E-state index in [0.29, 0.717) is 19.5 Å². The standard InChI is InChI=1S/C20H29N3O2S2/c1-4-5-10-18(22-20(25)21-15(2)3)19(24)23(13-16-8-6-11-26-16)14-17-9-7-12-27-17/h6-9,11-12,15,18H,4-5,10,13-14H2,1-3H3,(H2,21,22,25). The van der Waals surface area contributed by atoms with Gasteiger partial charge in [-0.1, -0.05) is 31.9 Å². The van der Waals surface area contributed by atoms with Crippen LogP contribution in [0.1, 0.15) is 49.8 Å². The first-order valence-corrected chi connectivity index (χ1v) is 11.2. The Morgan fingerprint density at radius 2 is 1.63 bits per heavy atom. The number of amides is 3. The number of nitrogens with zero attached hydrogens (tertiary/aromatic N) is 1. The quantitative estimate of drug-likeness (QED) is 0.604. The van der Waals surface area contributed by atoms with Gasteiger partial charge in [0.05, 0.1) is 13.1 Å². The molecule has 2 heterocycles. The number of unbranched alkanes of at least 4 members (excludes halogenated alkanes) is 1. The molecular weight excluding hydrogens is 378 g/mol. The molecule has 5 nitrogen and oxygen atoms in total. The molecular formula is C20H29N3O2S2. The second-order valence-electron chi connectivity index (χ2n) is 6.82. The number of rotatable bonds is 10. The Morgan fingerprint density at radius 1 is 1.04 bits per heavy atom. The molecule has 0 aliphatic rings. The summed E-state index contributed by atoms with van der Waals surface area (Å²) in [5.41, 5.74) is 0. The minimum atomic E-state index is -0.511. The normalized spacial score (nSPS) is 12.0. The van der Waals surface area contributed by atoms with E-state index in [-0.39, 0.29) is 18.0 Å². The summed E-state index contributed by atoms with van der Waals surface area (Å²) < 4.78 is 0. The summed E-state index contributed by atoms with van der Waals surface area (Å²) in [6.07, 6.45) is 2.52. The van der Waals surface area contributed by atoms with Gasteiger partial charge in [0.15, 0.2) is 0 Å². The molecule has 1 unspecified atom stereocenters. The Labute approximate surface area is 169 Å². The Balaban J connectivity index is 2.14. The van der Waals surface area contributed by atoms with Gasteiger partial charge >= 0.3 is 6.03 Å². The molecule has 0 spiro atoms. The molecule has 0 bridgehead atoms. The van der Waals surface area contributed by atoms with Gasteiger partial charge < -0.3 is 15.5 Å². The van der Waals surface area contributed by atoms with Crippen LogP contribution >= 0.6 is 22.7 Å². The average Bonchev–Trinajstić information content (AvgIpc) is 3.30. The Bertz CT molecular complexity index is 648. The van der Waals surface area contributed by atoms with E-state index in [4.69, 9.17) is 0 Å². The third-order valence-electron chi connectivity index (χ3n) is 4.03. The first-order valence-electron chi connectivity index (χ1n) is 9.40. The zero-order valence-corrected chi connectivity index (χ0v) is 17.9. The van der Waals surface area contributed by atoms with Crippen molar-refractivity contribution in [1.82, 2.24) is 15.5 Å². The molecule has 3 amide bonds. The lowest BCUT2D eigenvalue weighted by Gasteiger charge is -2.28. The number of hydrogen-bond acceptors (Lipinski definition) is 4. The van der Waals surface area contributed by atoms with E-state index in [9.17, 15) is 9.59 Å². The summed E-state index contributed by atoms with van der Waals surface area (Å²) >= 11 is 3.29. The van der Waals surface area contributed by atoms with Crippen molar-refractivity contribution in [3.05, 3.63) is 44.8 Å². The number of nitrogens with one attached hydrogen (secondary N) is 2. The molecule has 2 aromatic rings. The highest BCUT2D eigenvalue weighted by atomic mass is 32.1. The molecule has 2 rings (SSSR count). The fraction of sp³-hybridized carbons (Fsp3) is 0.500. The summed E-state index contributed by atoms with van der Waals surface area (Å²) in [4.78, 5) is 29.6. The second-order valence-corrected chi connectivity index (χ2v) is 8.88. The Morgan fingerprint density at radius 3 is 2.07 bits per heavy atom. The van der Waals surface area contributed by atoms with Crippen molar-refractivity contribution >= 4 is 34.6 Å². The van der Waals surface area contributed by atoms with E-state index in [0.717, 1.165) is 22.6 Å². The van der Waals surface area contributed by atoms with Crippen molar-refractivity contribution in [2.75, 3.05) is 0 Å².